The first-order chi connectivity index (χ1) is 16.8. The highest BCUT2D eigenvalue weighted by Gasteiger charge is 2.28. The van der Waals surface area contributed by atoms with E-state index in [1.165, 1.54) is 0 Å². The maximum atomic E-state index is 13.2. The van der Waals surface area contributed by atoms with Crippen LogP contribution in [0.15, 0.2) is 60.7 Å². The lowest BCUT2D eigenvalue weighted by Crippen LogP contribution is -2.49. The molecule has 0 radical (unpaired) electrons. The molecule has 2 rings (SSSR count). The van der Waals surface area contributed by atoms with Gasteiger partial charge in [-0.1, -0.05) is 88.4 Å². The first-order valence-corrected chi connectivity index (χ1v) is 12.8. The highest BCUT2D eigenvalue weighted by molar-refractivity contribution is 5.88. The highest BCUT2D eigenvalue weighted by atomic mass is 16.5. The molecule has 35 heavy (non-hydrogen) atoms. The van der Waals surface area contributed by atoms with Gasteiger partial charge in [-0.15, -0.1) is 0 Å². The van der Waals surface area contributed by atoms with Crippen LogP contribution in [0.4, 0.5) is 0 Å². The molecule has 0 bridgehead atoms. The smallest absolute Gasteiger partial charge is 0.242 e. The molecule has 2 amide bonds. The van der Waals surface area contributed by atoms with Gasteiger partial charge in [0.25, 0.3) is 0 Å². The lowest BCUT2D eigenvalue weighted by atomic mass is 9.88. The van der Waals surface area contributed by atoms with Crippen molar-refractivity contribution in [2.45, 2.75) is 72.2 Å². The molecule has 0 aromatic heterocycles. The van der Waals surface area contributed by atoms with E-state index in [1.807, 2.05) is 74.5 Å². The summed E-state index contributed by atoms with van der Waals surface area (Å²) in [5.74, 6) is -0.0379. The third-order valence-electron chi connectivity index (χ3n) is 6.08. The Labute approximate surface area is 211 Å². The number of ether oxygens (including phenoxy) is 1. The number of hydrogen-bond donors (Lipinski definition) is 3. The van der Waals surface area contributed by atoms with Gasteiger partial charge in [-0.05, 0) is 42.2 Å². The van der Waals surface area contributed by atoms with E-state index in [0.29, 0.717) is 39.0 Å². The first-order valence-electron chi connectivity index (χ1n) is 12.8. The van der Waals surface area contributed by atoms with E-state index in [0.717, 1.165) is 11.1 Å². The number of hydrogen-bond acceptors (Lipinski definition) is 4. The summed E-state index contributed by atoms with van der Waals surface area (Å²) in [5.41, 5.74) is 8.41. The second-order valence-electron chi connectivity index (χ2n) is 10.1. The van der Waals surface area contributed by atoms with Gasteiger partial charge in [-0.2, -0.15) is 0 Å². The fourth-order valence-corrected chi connectivity index (χ4v) is 4.04. The van der Waals surface area contributed by atoms with Gasteiger partial charge < -0.3 is 21.1 Å². The van der Waals surface area contributed by atoms with Gasteiger partial charge in [-0.25, -0.2) is 0 Å². The Bertz CT molecular complexity index is 871. The van der Waals surface area contributed by atoms with Crippen LogP contribution in [0.1, 0.15) is 58.1 Å². The van der Waals surface area contributed by atoms with E-state index in [-0.39, 0.29) is 35.6 Å². The highest BCUT2D eigenvalue weighted by Crippen LogP contribution is 2.19. The maximum Gasteiger partial charge on any atom is 0.242 e. The number of carbonyl (C=O) groups excluding carboxylic acids is 2. The van der Waals surface area contributed by atoms with Crippen LogP contribution in [0.2, 0.25) is 0 Å². The summed E-state index contributed by atoms with van der Waals surface area (Å²) < 4.78 is 5.76. The quantitative estimate of drug-likeness (QED) is 0.351. The van der Waals surface area contributed by atoms with E-state index in [9.17, 15) is 9.59 Å². The zero-order valence-corrected chi connectivity index (χ0v) is 21.7. The number of carbonyl (C=O) groups is 2. The van der Waals surface area contributed by atoms with Crippen LogP contribution >= 0.6 is 0 Å². The standard InChI is InChI=1S/C29H43N3O3/c1-21(2)17-27(29(34)31-18-23-11-7-5-8-12-23)32-28(33)26(22(3)4)16-15-25(30)20-35-19-24-13-9-6-10-14-24/h5-14,21-22,25-27H,15-20,30H2,1-4H3,(H,31,34)(H,32,33)/t25?,26-,27?/m0/s1. The second kappa shape index (κ2) is 15.3. The zero-order chi connectivity index (χ0) is 25.6. The summed E-state index contributed by atoms with van der Waals surface area (Å²) in [4.78, 5) is 26.1. The summed E-state index contributed by atoms with van der Waals surface area (Å²) >= 11 is 0. The van der Waals surface area contributed by atoms with Crippen LogP contribution in [0.5, 0.6) is 0 Å². The molecule has 0 aliphatic rings. The van der Waals surface area contributed by atoms with Crippen molar-refractivity contribution >= 4 is 11.8 Å². The number of nitrogens with two attached hydrogens (primary N) is 1. The molecule has 6 nitrogen and oxygen atoms in total. The van der Waals surface area contributed by atoms with Gasteiger partial charge in [0.05, 0.1) is 13.2 Å². The summed E-state index contributed by atoms with van der Waals surface area (Å²) in [6.45, 7) is 9.59. The van der Waals surface area contributed by atoms with Crippen molar-refractivity contribution in [3.63, 3.8) is 0 Å². The summed E-state index contributed by atoms with van der Waals surface area (Å²) in [5, 5.41) is 6.01. The SMILES string of the molecule is CC(C)CC(NC(=O)[C@@H](CCC(N)COCc1ccccc1)C(C)C)C(=O)NCc1ccccc1. The van der Waals surface area contributed by atoms with Crippen molar-refractivity contribution in [2.24, 2.45) is 23.5 Å². The third-order valence-corrected chi connectivity index (χ3v) is 6.08. The predicted molar refractivity (Wildman–Crippen MR) is 141 cm³/mol. The second-order valence-corrected chi connectivity index (χ2v) is 10.1. The Balaban J connectivity index is 1.86. The predicted octanol–water partition coefficient (Wildman–Crippen LogP) is 4.43. The van der Waals surface area contributed by atoms with Crippen molar-refractivity contribution in [3.05, 3.63) is 71.8 Å². The molecule has 0 aliphatic heterocycles. The van der Waals surface area contributed by atoms with E-state index >= 15 is 0 Å². The van der Waals surface area contributed by atoms with Crippen molar-refractivity contribution in [1.29, 1.82) is 0 Å². The Morgan fingerprint density at radius 3 is 2.03 bits per heavy atom. The normalized spacial score (nSPS) is 13.9. The fourth-order valence-electron chi connectivity index (χ4n) is 4.04. The first kappa shape index (κ1) is 28.5. The Morgan fingerprint density at radius 1 is 0.857 bits per heavy atom. The van der Waals surface area contributed by atoms with Gasteiger partial charge >= 0.3 is 0 Å². The maximum absolute atomic E-state index is 13.2. The molecule has 3 atom stereocenters. The zero-order valence-electron chi connectivity index (χ0n) is 21.7. The van der Waals surface area contributed by atoms with Gasteiger partial charge in [0.2, 0.25) is 11.8 Å². The molecule has 0 saturated carbocycles. The fraction of sp³-hybridized carbons (Fsp3) is 0.517. The van der Waals surface area contributed by atoms with Crippen LogP contribution in [0.3, 0.4) is 0 Å². The molecule has 0 aliphatic carbocycles. The minimum Gasteiger partial charge on any atom is -0.375 e. The van der Waals surface area contributed by atoms with Gasteiger partial charge in [0.15, 0.2) is 0 Å². The molecular weight excluding hydrogens is 438 g/mol. The minimum absolute atomic E-state index is 0.0853. The average molecular weight is 482 g/mol. The summed E-state index contributed by atoms with van der Waals surface area (Å²) in [7, 11) is 0. The van der Waals surface area contributed by atoms with Crippen LogP contribution in [-0.4, -0.2) is 30.5 Å². The Hall–Kier alpha value is -2.70. The molecule has 0 fully saturated rings. The third kappa shape index (κ3) is 11.1. The number of benzene rings is 2. The van der Waals surface area contributed by atoms with E-state index < -0.39 is 6.04 Å². The van der Waals surface area contributed by atoms with Gasteiger partial charge in [0, 0.05) is 18.5 Å². The van der Waals surface area contributed by atoms with Gasteiger partial charge in [-0.3, -0.25) is 9.59 Å². The summed E-state index contributed by atoms with van der Waals surface area (Å²) in [6, 6.07) is 19.1. The lowest BCUT2D eigenvalue weighted by molar-refractivity contribution is -0.132. The average Bonchev–Trinajstić information content (AvgIpc) is 2.83. The molecule has 2 unspecified atom stereocenters. The number of amides is 2. The Morgan fingerprint density at radius 2 is 1.46 bits per heavy atom. The van der Waals surface area contributed by atoms with E-state index in [2.05, 4.69) is 24.5 Å². The molecule has 0 spiro atoms. The van der Waals surface area contributed by atoms with Crippen LogP contribution < -0.4 is 16.4 Å². The summed E-state index contributed by atoms with van der Waals surface area (Å²) in [6.07, 6.45) is 1.92. The molecule has 0 heterocycles. The topological polar surface area (TPSA) is 93.5 Å². The van der Waals surface area contributed by atoms with Crippen molar-refractivity contribution in [3.8, 4) is 0 Å². The Kier molecular flexibility index (Phi) is 12.5. The molecule has 192 valence electrons. The van der Waals surface area contributed by atoms with Crippen LogP contribution in [0, 0.1) is 17.8 Å². The molecule has 0 saturated heterocycles. The molecule has 4 N–H and O–H groups in total. The number of rotatable bonds is 15. The van der Waals surface area contributed by atoms with Crippen LogP contribution in [0.25, 0.3) is 0 Å². The lowest BCUT2D eigenvalue weighted by Gasteiger charge is -2.26. The molecule has 6 heteroatoms. The van der Waals surface area contributed by atoms with Gasteiger partial charge in [0.1, 0.15) is 6.04 Å². The molecule has 2 aromatic carbocycles. The van der Waals surface area contributed by atoms with E-state index in [4.69, 9.17) is 10.5 Å². The number of nitrogens with one attached hydrogen (secondary N) is 2. The monoisotopic (exact) mass is 481 g/mol. The molecular formula is C29H43N3O3. The van der Waals surface area contributed by atoms with Crippen molar-refractivity contribution < 1.29 is 14.3 Å². The minimum atomic E-state index is -0.560. The molecule has 2 aromatic rings. The van der Waals surface area contributed by atoms with Crippen molar-refractivity contribution in [1.82, 2.24) is 10.6 Å². The van der Waals surface area contributed by atoms with Crippen LogP contribution in [-0.2, 0) is 27.5 Å². The van der Waals surface area contributed by atoms with Crippen molar-refractivity contribution in [2.75, 3.05) is 6.61 Å². The van der Waals surface area contributed by atoms with E-state index in [1.54, 1.807) is 0 Å². The largest absolute Gasteiger partial charge is 0.375 e.